The number of nitrogens with two attached hydrogens (primary N) is 1. The molecule has 4 N–H and O–H groups in total. The average molecular weight is 242 g/mol. The third-order valence-corrected chi connectivity index (χ3v) is 2.61. The van der Waals surface area contributed by atoms with Crippen molar-refractivity contribution in [1.29, 1.82) is 0 Å². The molecule has 0 spiro atoms. The predicted molar refractivity (Wildman–Crippen MR) is 65.9 cm³/mol. The molecule has 0 saturated carbocycles. The number of amides is 2. The van der Waals surface area contributed by atoms with Crippen LogP contribution >= 0.6 is 12.2 Å². The highest BCUT2D eigenvalue weighted by atomic mass is 32.1. The summed E-state index contributed by atoms with van der Waals surface area (Å²) >= 11 is 5.18. The second-order valence-corrected chi connectivity index (χ2v) is 5.06. The Morgan fingerprint density at radius 2 is 2.25 bits per heavy atom. The monoisotopic (exact) mass is 242 g/mol. The minimum Gasteiger partial charge on any atom is -0.352 e. The molecule has 1 rings (SSSR count). The van der Waals surface area contributed by atoms with Crippen molar-refractivity contribution in [1.82, 2.24) is 14.9 Å². The van der Waals surface area contributed by atoms with Gasteiger partial charge in [-0.2, -0.15) is 0 Å². The summed E-state index contributed by atoms with van der Waals surface area (Å²) in [4.78, 5) is 13.6. The number of nitrogens with zero attached hydrogens (tertiary/aromatic N) is 1. The smallest absolute Gasteiger partial charge is 0.312 e. The summed E-state index contributed by atoms with van der Waals surface area (Å²) in [5, 5.41) is 2.55. The fourth-order valence-electron chi connectivity index (χ4n) is 1.53. The molecular formula is C10H18N4OS. The number of aromatic nitrogens is 2. The number of aromatic amines is 1. The summed E-state index contributed by atoms with van der Waals surface area (Å²) < 4.78 is 2.64. The molecule has 1 aromatic rings. The van der Waals surface area contributed by atoms with E-state index in [0.717, 1.165) is 5.69 Å². The van der Waals surface area contributed by atoms with Crippen LogP contribution in [0.4, 0.5) is 4.79 Å². The number of imidazole rings is 1. The molecule has 0 aliphatic rings. The first-order valence-corrected chi connectivity index (χ1v) is 5.55. The standard InChI is InChI=1S/C10H18N4OS/c1-10(2,3)7-6-13-9(16)14(7)5-4-12-8(11)15/h6H,4-5H2,1-3H3,(H,13,16)(H3,11,12,15). The summed E-state index contributed by atoms with van der Waals surface area (Å²) in [5.41, 5.74) is 6.13. The second-order valence-electron chi connectivity index (χ2n) is 4.67. The van der Waals surface area contributed by atoms with Crippen LogP contribution in [0.1, 0.15) is 26.5 Å². The Bertz CT molecular complexity index is 427. The summed E-state index contributed by atoms with van der Waals surface area (Å²) in [6.45, 7) is 7.44. The van der Waals surface area contributed by atoms with Gasteiger partial charge in [-0.05, 0) is 12.2 Å². The quantitative estimate of drug-likeness (QED) is 0.703. The lowest BCUT2D eigenvalue weighted by Gasteiger charge is -2.20. The SMILES string of the molecule is CC(C)(C)c1c[nH]c(=S)n1CCNC(N)=O. The first-order valence-electron chi connectivity index (χ1n) is 5.14. The van der Waals surface area contributed by atoms with Crippen molar-refractivity contribution in [2.75, 3.05) is 6.54 Å². The van der Waals surface area contributed by atoms with Crippen molar-refractivity contribution in [3.8, 4) is 0 Å². The molecule has 0 aliphatic carbocycles. The zero-order chi connectivity index (χ0) is 12.3. The van der Waals surface area contributed by atoms with Gasteiger partial charge >= 0.3 is 6.03 Å². The Kier molecular flexibility index (Phi) is 3.74. The lowest BCUT2D eigenvalue weighted by molar-refractivity contribution is 0.248. The number of hydrogen-bond donors (Lipinski definition) is 3. The lowest BCUT2D eigenvalue weighted by atomic mass is 9.92. The molecule has 0 fully saturated rings. The highest BCUT2D eigenvalue weighted by Gasteiger charge is 2.18. The normalized spacial score (nSPS) is 11.4. The van der Waals surface area contributed by atoms with Crippen LogP contribution in [0.25, 0.3) is 0 Å². The molecular weight excluding hydrogens is 224 g/mol. The van der Waals surface area contributed by atoms with Crippen LogP contribution < -0.4 is 11.1 Å². The first kappa shape index (κ1) is 12.8. The Morgan fingerprint density at radius 1 is 1.62 bits per heavy atom. The van der Waals surface area contributed by atoms with Crippen molar-refractivity contribution in [3.63, 3.8) is 0 Å². The summed E-state index contributed by atoms with van der Waals surface area (Å²) in [6, 6.07) is -0.514. The van der Waals surface area contributed by atoms with Gasteiger partial charge < -0.3 is 20.6 Å². The van der Waals surface area contributed by atoms with Crippen molar-refractivity contribution >= 4 is 18.2 Å². The fourth-order valence-corrected chi connectivity index (χ4v) is 1.78. The fraction of sp³-hybridized carbons (Fsp3) is 0.600. The van der Waals surface area contributed by atoms with E-state index in [1.54, 1.807) is 0 Å². The maximum absolute atomic E-state index is 10.6. The molecule has 0 radical (unpaired) electrons. The Morgan fingerprint density at radius 3 is 2.75 bits per heavy atom. The molecule has 6 heteroatoms. The van der Waals surface area contributed by atoms with E-state index in [0.29, 0.717) is 17.9 Å². The van der Waals surface area contributed by atoms with Crippen LogP contribution in [-0.4, -0.2) is 22.1 Å². The highest BCUT2D eigenvalue weighted by Crippen LogP contribution is 2.21. The van der Waals surface area contributed by atoms with Crippen molar-refractivity contribution in [3.05, 3.63) is 16.7 Å². The van der Waals surface area contributed by atoms with Crippen LogP contribution in [0, 0.1) is 4.77 Å². The van der Waals surface area contributed by atoms with Crippen LogP contribution in [0.5, 0.6) is 0 Å². The van der Waals surface area contributed by atoms with Crippen LogP contribution in [0.2, 0.25) is 0 Å². The van der Waals surface area contributed by atoms with E-state index < -0.39 is 6.03 Å². The number of H-pyrrole nitrogens is 1. The van der Waals surface area contributed by atoms with E-state index in [4.69, 9.17) is 18.0 Å². The number of urea groups is 1. The van der Waals surface area contributed by atoms with E-state index in [1.807, 2.05) is 10.8 Å². The third-order valence-electron chi connectivity index (χ3n) is 2.27. The largest absolute Gasteiger partial charge is 0.352 e. The van der Waals surface area contributed by atoms with Gasteiger partial charge in [-0.1, -0.05) is 20.8 Å². The molecule has 0 atom stereocenters. The topological polar surface area (TPSA) is 75.8 Å². The van der Waals surface area contributed by atoms with Gasteiger partial charge in [0.15, 0.2) is 4.77 Å². The molecule has 1 heterocycles. The lowest BCUT2D eigenvalue weighted by Crippen LogP contribution is -2.32. The minimum absolute atomic E-state index is 0.0142. The summed E-state index contributed by atoms with van der Waals surface area (Å²) in [7, 11) is 0. The highest BCUT2D eigenvalue weighted by molar-refractivity contribution is 7.71. The van der Waals surface area contributed by atoms with Gasteiger partial charge in [0.1, 0.15) is 0 Å². The molecule has 16 heavy (non-hydrogen) atoms. The molecule has 0 aliphatic heterocycles. The molecule has 0 unspecified atom stereocenters. The Hall–Kier alpha value is -1.30. The van der Waals surface area contributed by atoms with Crippen LogP contribution in [-0.2, 0) is 12.0 Å². The average Bonchev–Trinajstić information content (AvgIpc) is 2.46. The van der Waals surface area contributed by atoms with E-state index in [2.05, 4.69) is 31.1 Å². The van der Waals surface area contributed by atoms with Crippen LogP contribution in [0.15, 0.2) is 6.20 Å². The number of nitrogens with one attached hydrogen (secondary N) is 2. The number of rotatable bonds is 3. The van der Waals surface area contributed by atoms with E-state index in [-0.39, 0.29) is 5.41 Å². The number of primary amides is 1. The van der Waals surface area contributed by atoms with E-state index >= 15 is 0 Å². The van der Waals surface area contributed by atoms with Gasteiger partial charge in [0.25, 0.3) is 0 Å². The Balaban J connectivity index is 2.83. The van der Waals surface area contributed by atoms with Gasteiger partial charge in [-0.15, -0.1) is 0 Å². The third kappa shape index (κ3) is 3.10. The van der Waals surface area contributed by atoms with Gasteiger partial charge in [0, 0.05) is 30.4 Å². The maximum atomic E-state index is 10.6. The zero-order valence-corrected chi connectivity index (χ0v) is 10.6. The number of hydrogen-bond acceptors (Lipinski definition) is 2. The zero-order valence-electron chi connectivity index (χ0n) is 9.83. The predicted octanol–water partition coefficient (Wildman–Crippen LogP) is 1.51. The van der Waals surface area contributed by atoms with Crippen molar-refractivity contribution in [2.24, 2.45) is 5.73 Å². The minimum atomic E-state index is -0.514. The molecule has 0 bridgehead atoms. The number of carbonyl (C=O) groups excluding carboxylic acids is 1. The molecule has 1 aromatic heterocycles. The number of carbonyl (C=O) groups is 1. The van der Waals surface area contributed by atoms with Gasteiger partial charge in [-0.25, -0.2) is 4.79 Å². The van der Waals surface area contributed by atoms with Gasteiger partial charge in [0.2, 0.25) is 0 Å². The summed E-state index contributed by atoms with van der Waals surface area (Å²) in [5.74, 6) is 0. The molecule has 2 amide bonds. The van der Waals surface area contributed by atoms with Crippen molar-refractivity contribution in [2.45, 2.75) is 32.7 Å². The summed E-state index contributed by atoms with van der Waals surface area (Å²) in [6.07, 6.45) is 1.91. The molecule has 0 saturated heterocycles. The first-order chi connectivity index (χ1) is 7.32. The second kappa shape index (κ2) is 4.69. The van der Waals surface area contributed by atoms with Crippen LogP contribution in [0.3, 0.4) is 0 Å². The van der Waals surface area contributed by atoms with E-state index in [9.17, 15) is 4.79 Å². The Labute approximate surface area is 100 Å². The molecule has 5 nitrogen and oxygen atoms in total. The van der Waals surface area contributed by atoms with E-state index in [1.165, 1.54) is 0 Å². The van der Waals surface area contributed by atoms with Gasteiger partial charge in [0.05, 0.1) is 0 Å². The maximum Gasteiger partial charge on any atom is 0.312 e. The van der Waals surface area contributed by atoms with Crippen molar-refractivity contribution < 1.29 is 4.79 Å². The molecule has 90 valence electrons. The van der Waals surface area contributed by atoms with Gasteiger partial charge in [-0.3, -0.25) is 0 Å². The molecule has 0 aromatic carbocycles.